The fraction of sp³-hybridized carbons (Fsp3) is 0.0625. The minimum absolute atomic E-state index is 0. The quantitative estimate of drug-likeness (QED) is 0.373. The number of hydrogen-bond donors (Lipinski definition) is 1. The van der Waals surface area contributed by atoms with Gasteiger partial charge in [0.05, 0.1) is 15.7 Å². The van der Waals surface area contributed by atoms with Crippen molar-refractivity contribution in [3.63, 3.8) is 0 Å². The lowest BCUT2D eigenvalue weighted by atomic mass is 10.1. The molecule has 0 unspecified atom stereocenters. The minimum atomic E-state index is 0. The van der Waals surface area contributed by atoms with Crippen molar-refractivity contribution in [1.29, 1.82) is 0 Å². The molecule has 8 heteroatoms. The predicted octanol–water partition coefficient (Wildman–Crippen LogP) is 1.14. The molecule has 0 aliphatic rings. The van der Waals surface area contributed by atoms with Crippen LogP contribution in [-0.2, 0) is 0 Å². The summed E-state index contributed by atoms with van der Waals surface area (Å²) in [7, 11) is 0. The summed E-state index contributed by atoms with van der Waals surface area (Å²) in [6.45, 7) is 1.92. The fourth-order valence-corrected chi connectivity index (χ4v) is 2.93. The topological polar surface area (TPSA) is 54.8 Å². The van der Waals surface area contributed by atoms with Crippen LogP contribution in [0.2, 0.25) is 10.0 Å². The molecule has 3 aromatic rings. The highest BCUT2D eigenvalue weighted by Gasteiger charge is 2.08. The second kappa shape index (κ2) is 8.69. The number of thiazole rings is 1. The van der Waals surface area contributed by atoms with Crippen molar-refractivity contribution in [3.05, 3.63) is 63.7 Å². The Morgan fingerprint density at radius 2 is 2.04 bits per heavy atom. The summed E-state index contributed by atoms with van der Waals surface area (Å²) in [6, 6.07) is 9.34. The average molecular weight is 444 g/mol. The maximum absolute atomic E-state index is 6.03. The summed E-state index contributed by atoms with van der Waals surface area (Å²) in [5, 5.41) is 8.35. The van der Waals surface area contributed by atoms with Crippen LogP contribution in [0.15, 0.2) is 53.2 Å². The Morgan fingerprint density at radius 1 is 1.21 bits per heavy atom. The van der Waals surface area contributed by atoms with Crippen molar-refractivity contribution >= 4 is 45.4 Å². The highest BCUT2D eigenvalue weighted by atomic mass is 79.9. The van der Waals surface area contributed by atoms with E-state index in [1.807, 2.05) is 30.5 Å². The molecule has 1 aromatic carbocycles. The monoisotopic (exact) mass is 442 g/mol. The van der Waals surface area contributed by atoms with Crippen molar-refractivity contribution in [2.45, 2.75) is 6.92 Å². The van der Waals surface area contributed by atoms with Crippen LogP contribution in [0.3, 0.4) is 0 Å². The molecule has 0 aliphatic carbocycles. The van der Waals surface area contributed by atoms with Gasteiger partial charge in [-0.15, -0.1) is 0 Å². The number of quaternary nitrogens is 1. The molecule has 4 nitrogen and oxygen atoms in total. The maximum atomic E-state index is 6.03. The van der Waals surface area contributed by atoms with Gasteiger partial charge in [0.25, 0.3) is 0 Å². The molecule has 0 fully saturated rings. The first kappa shape index (κ1) is 19.0. The van der Waals surface area contributed by atoms with Gasteiger partial charge >= 0.3 is 5.13 Å². The lowest BCUT2D eigenvalue weighted by molar-refractivity contribution is -0.577. The van der Waals surface area contributed by atoms with Crippen molar-refractivity contribution < 1.29 is 22.4 Å². The number of pyridine rings is 1. The molecule has 3 rings (SSSR count). The zero-order valence-corrected chi connectivity index (χ0v) is 16.5. The van der Waals surface area contributed by atoms with E-state index >= 15 is 0 Å². The van der Waals surface area contributed by atoms with Crippen LogP contribution in [0.25, 0.3) is 11.3 Å². The molecule has 0 spiro atoms. The number of benzene rings is 1. The van der Waals surface area contributed by atoms with Gasteiger partial charge in [-0.1, -0.05) is 45.7 Å². The summed E-state index contributed by atoms with van der Waals surface area (Å²) in [6.07, 6.45) is 3.54. The molecule has 0 radical (unpaired) electrons. The molecule has 2 N–H and O–H groups in total. The summed E-state index contributed by atoms with van der Waals surface area (Å²) in [5.74, 6) is 0. The van der Waals surface area contributed by atoms with Crippen LogP contribution in [0.1, 0.15) is 12.5 Å². The first-order valence-electron chi connectivity index (χ1n) is 6.82. The van der Waals surface area contributed by atoms with Crippen molar-refractivity contribution in [2.75, 3.05) is 0 Å². The van der Waals surface area contributed by atoms with E-state index < -0.39 is 0 Å². The molecule has 2 heterocycles. The Balaban J connectivity index is 0.00000208. The normalized spacial score (nSPS) is 11.2. The van der Waals surface area contributed by atoms with Crippen molar-refractivity contribution in [3.8, 4) is 11.3 Å². The lowest BCUT2D eigenvalue weighted by Gasteiger charge is -2.00. The molecule has 0 amide bonds. The fourth-order valence-electron chi connectivity index (χ4n) is 1.94. The van der Waals surface area contributed by atoms with E-state index in [0.29, 0.717) is 10.0 Å². The molecular formula is C16H13BrCl2N4S. The SMILES string of the molecule is CC(=N[NH2+]c1nc(-c2cccnc2)cs1)c1ccc(Cl)c(Cl)c1.[Br-]. The van der Waals surface area contributed by atoms with E-state index in [1.54, 1.807) is 30.0 Å². The highest BCUT2D eigenvalue weighted by Crippen LogP contribution is 2.23. The molecular weight excluding hydrogens is 431 g/mol. The number of hydrogen-bond acceptors (Lipinski definition) is 4. The predicted molar refractivity (Wildman–Crippen MR) is 95.6 cm³/mol. The van der Waals surface area contributed by atoms with Crippen LogP contribution in [0.5, 0.6) is 0 Å². The van der Waals surface area contributed by atoms with Crippen LogP contribution >= 0.6 is 34.5 Å². The first-order chi connectivity index (χ1) is 11.1. The molecule has 0 saturated heterocycles. The van der Waals surface area contributed by atoms with Gasteiger partial charge in [0.15, 0.2) is 0 Å². The zero-order valence-electron chi connectivity index (χ0n) is 12.6. The van der Waals surface area contributed by atoms with Crippen LogP contribution < -0.4 is 22.4 Å². The Hall–Kier alpha value is -1.31. The third-order valence-corrected chi connectivity index (χ3v) is 4.70. The maximum Gasteiger partial charge on any atom is 0.310 e. The largest absolute Gasteiger partial charge is 1.00 e. The van der Waals surface area contributed by atoms with Gasteiger partial charge < -0.3 is 17.0 Å². The number of nitrogens with zero attached hydrogens (tertiary/aromatic N) is 3. The molecule has 124 valence electrons. The van der Waals surface area contributed by atoms with Crippen LogP contribution in [0, 0.1) is 0 Å². The van der Waals surface area contributed by atoms with Crippen molar-refractivity contribution in [2.24, 2.45) is 5.10 Å². The molecule has 0 saturated carbocycles. The molecule has 0 atom stereocenters. The number of rotatable bonds is 4. The number of aromatic nitrogens is 2. The van der Waals surface area contributed by atoms with E-state index in [1.165, 1.54) is 11.3 Å². The number of nitrogens with two attached hydrogens (primary N) is 1. The van der Waals surface area contributed by atoms with Gasteiger partial charge in [0.1, 0.15) is 5.71 Å². The van der Waals surface area contributed by atoms with Gasteiger partial charge in [-0.05, 0) is 31.2 Å². The zero-order chi connectivity index (χ0) is 16.2. The number of halogens is 3. The van der Waals surface area contributed by atoms with Crippen molar-refractivity contribution in [1.82, 2.24) is 9.97 Å². The second-order valence-electron chi connectivity index (χ2n) is 4.79. The Bertz CT molecular complexity index is 852. The molecule has 24 heavy (non-hydrogen) atoms. The summed E-state index contributed by atoms with van der Waals surface area (Å²) in [5.41, 5.74) is 5.43. The molecule has 0 bridgehead atoms. The second-order valence-corrected chi connectivity index (χ2v) is 6.49. The summed E-state index contributed by atoms with van der Waals surface area (Å²) in [4.78, 5) is 8.65. The van der Waals surface area contributed by atoms with Crippen LogP contribution in [0.4, 0.5) is 5.13 Å². The summed E-state index contributed by atoms with van der Waals surface area (Å²) < 4.78 is 0. The van der Waals surface area contributed by atoms with E-state index in [-0.39, 0.29) is 17.0 Å². The van der Waals surface area contributed by atoms with Gasteiger partial charge in [-0.2, -0.15) is 10.4 Å². The smallest absolute Gasteiger partial charge is 0.310 e. The van der Waals surface area contributed by atoms with Gasteiger partial charge in [0, 0.05) is 28.9 Å². The van der Waals surface area contributed by atoms with E-state index in [4.69, 9.17) is 23.2 Å². The van der Waals surface area contributed by atoms with E-state index in [0.717, 1.165) is 27.7 Å². The third kappa shape index (κ3) is 4.62. The lowest BCUT2D eigenvalue weighted by Crippen LogP contribution is -3.00. The Labute approximate surface area is 164 Å². The van der Waals surface area contributed by atoms with Gasteiger partial charge in [-0.3, -0.25) is 4.98 Å². The van der Waals surface area contributed by atoms with Gasteiger partial charge in [0.2, 0.25) is 0 Å². The Kier molecular flexibility index (Phi) is 6.89. The third-order valence-electron chi connectivity index (χ3n) is 3.19. The first-order valence-corrected chi connectivity index (χ1v) is 8.46. The summed E-state index contributed by atoms with van der Waals surface area (Å²) >= 11 is 13.5. The highest BCUT2D eigenvalue weighted by molar-refractivity contribution is 7.13. The average Bonchev–Trinajstić information content (AvgIpc) is 3.05. The van der Waals surface area contributed by atoms with Gasteiger partial charge in [-0.25, -0.2) is 0 Å². The molecule has 2 aromatic heterocycles. The minimum Gasteiger partial charge on any atom is -1.00 e. The van der Waals surface area contributed by atoms with Crippen LogP contribution in [-0.4, -0.2) is 15.7 Å². The molecule has 0 aliphatic heterocycles. The Morgan fingerprint density at radius 3 is 2.75 bits per heavy atom. The van der Waals surface area contributed by atoms with E-state index in [9.17, 15) is 0 Å². The van der Waals surface area contributed by atoms with E-state index in [2.05, 4.69) is 15.1 Å². The standard InChI is InChI=1S/C16H12Cl2N4S.BrH/c1-10(11-4-5-13(17)14(18)7-11)21-22-16-20-15(9-23-16)12-3-2-6-19-8-12;/h2-9H,1H3,(H,20,22);1H.